The van der Waals surface area contributed by atoms with Gasteiger partial charge in [0.05, 0.1) is 12.2 Å². The number of fused-ring (bicyclic) bond motifs is 3. The molecular weight excluding hydrogens is 400 g/mol. The van der Waals surface area contributed by atoms with Crippen molar-refractivity contribution >= 4 is 17.7 Å². The maximum Gasteiger partial charge on any atom is 0.303 e. The molecule has 0 radical (unpaired) electrons. The lowest BCUT2D eigenvalue weighted by molar-refractivity contribution is -0.269. The van der Waals surface area contributed by atoms with Crippen molar-refractivity contribution in [1.82, 2.24) is 0 Å². The summed E-state index contributed by atoms with van der Waals surface area (Å²) in [5.74, 6) is -1.74. The molecule has 0 aromatic carbocycles. The van der Waals surface area contributed by atoms with Crippen LogP contribution in [0.2, 0.25) is 0 Å². The van der Waals surface area contributed by atoms with E-state index in [9.17, 15) is 24.6 Å². The van der Waals surface area contributed by atoms with E-state index in [-0.39, 0.29) is 24.0 Å². The minimum atomic E-state index is -0.960. The molecule has 2 bridgehead atoms. The highest BCUT2D eigenvalue weighted by Crippen LogP contribution is 2.71. The van der Waals surface area contributed by atoms with Gasteiger partial charge < -0.3 is 19.7 Å². The Balaban J connectivity index is 1.88. The van der Waals surface area contributed by atoms with Crippen LogP contribution in [0.3, 0.4) is 0 Å². The molecule has 0 saturated heterocycles. The Morgan fingerprint density at radius 1 is 0.968 bits per heavy atom. The first kappa shape index (κ1) is 22.5. The molecule has 0 heterocycles. The second-order valence-electron chi connectivity index (χ2n) is 11.2. The van der Waals surface area contributed by atoms with Gasteiger partial charge in [0.25, 0.3) is 0 Å². The Bertz CT molecular complexity index is 847. The number of allylic oxidation sites excluding steroid dienone is 1. The third-order valence-electron chi connectivity index (χ3n) is 8.86. The van der Waals surface area contributed by atoms with Crippen LogP contribution in [0.25, 0.3) is 0 Å². The summed E-state index contributed by atoms with van der Waals surface area (Å²) in [6, 6.07) is 0. The van der Waals surface area contributed by atoms with E-state index in [1.54, 1.807) is 0 Å². The molecule has 0 aromatic rings. The lowest BCUT2D eigenvalue weighted by Gasteiger charge is -2.67. The van der Waals surface area contributed by atoms with E-state index in [4.69, 9.17) is 9.47 Å². The molecule has 4 fully saturated rings. The van der Waals surface area contributed by atoms with E-state index < -0.39 is 58.5 Å². The quantitative estimate of drug-likeness (QED) is 0.506. The fraction of sp³-hybridized carbons (Fsp3) is 0.792. The van der Waals surface area contributed by atoms with Crippen LogP contribution < -0.4 is 0 Å². The molecule has 0 aliphatic heterocycles. The third kappa shape index (κ3) is 2.95. The number of ether oxygens (including phenoxy) is 2. The highest BCUT2D eigenvalue weighted by molar-refractivity contribution is 6.03. The maximum atomic E-state index is 13.5. The smallest absolute Gasteiger partial charge is 0.303 e. The summed E-state index contributed by atoms with van der Waals surface area (Å²) in [5, 5.41) is 22.4. The SMILES string of the molecule is C=C1C(=O)[C@]23C[C@H]1C[C@@H](O)[C@H]2[C@]1(C)C[C@H](O)[C@H](OC(C)=O)C(C)(C)[C@H]1[C@@H](OC(C)=O)C3. The van der Waals surface area contributed by atoms with Gasteiger partial charge in [-0.15, -0.1) is 0 Å². The van der Waals surface area contributed by atoms with Crippen molar-refractivity contribution in [2.75, 3.05) is 0 Å². The number of aliphatic hydroxyl groups excluding tert-OH is 2. The standard InChI is InChI=1S/C24H34O7/c1-11-14-7-15(27)18-23(6)9-16(28)21(31-13(3)26)22(4,5)19(23)17(30-12(2)25)10-24(18,8-14)20(11)29/h14-19,21,27-28H,1,7-10H2,2-6H3/t14-,15-,16+,17+,18+,19-,21+,23+,24+/m1/s1. The molecule has 7 heteroatoms. The molecule has 4 saturated carbocycles. The summed E-state index contributed by atoms with van der Waals surface area (Å²) < 4.78 is 11.4. The molecule has 4 rings (SSSR count). The van der Waals surface area contributed by atoms with E-state index in [0.29, 0.717) is 24.8 Å². The first-order valence-corrected chi connectivity index (χ1v) is 11.2. The molecule has 9 atom stereocenters. The van der Waals surface area contributed by atoms with Gasteiger partial charge in [0.1, 0.15) is 12.2 Å². The predicted octanol–water partition coefficient (Wildman–Crippen LogP) is 2.18. The van der Waals surface area contributed by atoms with Gasteiger partial charge in [0.2, 0.25) is 0 Å². The Kier molecular flexibility index (Phi) is 4.99. The summed E-state index contributed by atoms with van der Waals surface area (Å²) in [5.41, 5.74) is -1.76. The highest BCUT2D eigenvalue weighted by atomic mass is 16.6. The Labute approximate surface area is 183 Å². The zero-order valence-corrected chi connectivity index (χ0v) is 19.0. The average Bonchev–Trinajstić information content (AvgIpc) is 2.78. The molecule has 0 amide bonds. The number of hydrogen-bond acceptors (Lipinski definition) is 7. The normalized spacial score (nSPS) is 47.9. The van der Waals surface area contributed by atoms with E-state index in [1.807, 2.05) is 20.8 Å². The van der Waals surface area contributed by atoms with Crippen molar-refractivity contribution in [2.45, 2.75) is 84.7 Å². The van der Waals surface area contributed by atoms with Crippen LogP contribution in [0.1, 0.15) is 60.3 Å². The number of rotatable bonds is 2. The lowest BCUT2D eigenvalue weighted by atomic mass is 9.39. The minimum Gasteiger partial charge on any atom is -0.462 e. The maximum absolute atomic E-state index is 13.5. The topological polar surface area (TPSA) is 110 Å². The Morgan fingerprint density at radius 2 is 1.58 bits per heavy atom. The van der Waals surface area contributed by atoms with Crippen LogP contribution in [0, 0.1) is 34.0 Å². The molecule has 4 aliphatic carbocycles. The second kappa shape index (κ2) is 6.88. The number of ketones is 1. The molecule has 1 spiro atoms. The van der Waals surface area contributed by atoms with Crippen molar-refractivity contribution in [3.63, 3.8) is 0 Å². The number of hydrogen-bond donors (Lipinski definition) is 2. The van der Waals surface area contributed by atoms with Crippen molar-refractivity contribution < 1.29 is 34.1 Å². The Hall–Kier alpha value is -1.73. The predicted molar refractivity (Wildman–Crippen MR) is 111 cm³/mol. The van der Waals surface area contributed by atoms with E-state index in [1.165, 1.54) is 13.8 Å². The van der Waals surface area contributed by atoms with Crippen LogP contribution in [-0.4, -0.2) is 52.4 Å². The number of aliphatic hydroxyl groups is 2. The van der Waals surface area contributed by atoms with Gasteiger partial charge in [-0.2, -0.15) is 0 Å². The summed E-state index contributed by atoms with van der Waals surface area (Å²) in [6.07, 6.45) is -1.44. The second-order valence-corrected chi connectivity index (χ2v) is 11.2. The molecule has 4 aliphatic rings. The fourth-order valence-corrected chi connectivity index (χ4v) is 8.46. The van der Waals surface area contributed by atoms with Crippen molar-refractivity contribution in [3.05, 3.63) is 12.2 Å². The van der Waals surface area contributed by atoms with Crippen LogP contribution in [0.5, 0.6) is 0 Å². The first-order chi connectivity index (χ1) is 14.3. The summed E-state index contributed by atoms with van der Waals surface area (Å²) in [4.78, 5) is 37.4. The monoisotopic (exact) mass is 434 g/mol. The first-order valence-electron chi connectivity index (χ1n) is 11.2. The van der Waals surface area contributed by atoms with Gasteiger partial charge in [-0.25, -0.2) is 0 Å². The van der Waals surface area contributed by atoms with Gasteiger partial charge in [0, 0.05) is 36.5 Å². The van der Waals surface area contributed by atoms with Gasteiger partial charge in [-0.1, -0.05) is 27.4 Å². The largest absolute Gasteiger partial charge is 0.462 e. The summed E-state index contributed by atoms with van der Waals surface area (Å²) >= 11 is 0. The number of esters is 2. The van der Waals surface area contributed by atoms with Gasteiger partial charge in [0.15, 0.2) is 5.78 Å². The van der Waals surface area contributed by atoms with Crippen molar-refractivity contribution in [2.24, 2.45) is 34.0 Å². The molecule has 2 N–H and O–H groups in total. The molecule has 0 aromatic heterocycles. The minimum absolute atomic E-state index is 0.0368. The highest BCUT2D eigenvalue weighted by Gasteiger charge is 2.74. The van der Waals surface area contributed by atoms with E-state index in [0.717, 1.165) is 0 Å². The zero-order valence-electron chi connectivity index (χ0n) is 19.0. The third-order valence-corrected chi connectivity index (χ3v) is 8.86. The van der Waals surface area contributed by atoms with Gasteiger partial charge in [-0.3, -0.25) is 14.4 Å². The number of carbonyl (C=O) groups is 3. The average molecular weight is 435 g/mol. The van der Waals surface area contributed by atoms with Crippen LogP contribution >= 0.6 is 0 Å². The van der Waals surface area contributed by atoms with Gasteiger partial charge >= 0.3 is 11.9 Å². The van der Waals surface area contributed by atoms with Gasteiger partial charge in [-0.05, 0) is 42.6 Å². The van der Waals surface area contributed by atoms with E-state index >= 15 is 0 Å². The van der Waals surface area contributed by atoms with Crippen LogP contribution in [0.4, 0.5) is 0 Å². The molecule has 0 unspecified atom stereocenters. The number of carbonyl (C=O) groups excluding carboxylic acids is 3. The van der Waals surface area contributed by atoms with Crippen LogP contribution in [0.15, 0.2) is 12.2 Å². The number of Topliss-reactive ketones (excluding diaryl/α,β-unsaturated/α-hetero) is 1. The van der Waals surface area contributed by atoms with Crippen molar-refractivity contribution in [3.8, 4) is 0 Å². The molecule has 172 valence electrons. The zero-order chi connectivity index (χ0) is 23.1. The molecule has 31 heavy (non-hydrogen) atoms. The molecular formula is C24H34O7. The van der Waals surface area contributed by atoms with E-state index in [2.05, 4.69) is 6.58 Å². The lowest BCUT2D eigenvalue weighted by Crippen LogP contribution is -2.70. The summed E-state index contributed by atoms with van der Waals surface area (Å²) in [7, 11) is 0. The van der Waals surface area contributed by atoms with Crippen LogP contribution in [-0.2, 0) is 23.9 Å². The fourth-order valence-electron chi connectivity index (χ4n) is 8.46. The van der Waals surface area contributed by atoms with Crippen molar-refractivity contribution in [1.29, 1.82) is 0 Å². The summed E-state index contributed by atoms with van der Waals surface area (Å²) in [6.45, 7) is 12.5. The molecule has 7 nitrogen and oxygen atoms in total. The Morgan fingerprint density at radius 3 is 2.16 bits per heavy atom.